The first kappa shape index (κ1) is 17.1. The van der Waals surface area contributed by atoms with E-state index in [2.05, 4.69) is 50.5 Å². The van der Waals surface area contributed by atoms with Gasteiger partial charge in [-0.05, 0) is 40.9 Å². The predicted octanol–water partition coefficient (Wildman–Crippen LogP) is 2.91. The fourth-order valence-corrected chi connectivity index (χ4v) is 3.76. The van der Waals surface area contributed by atoms with Crippen molar-refractivity contribution in [2.45, 2.75) is 32.9 Å². The van der Waals surface area contributed by atoms with Gasteiger partial charge in [0.25, 0.3) is 5.91 Å². The molecule has 0 saturated carbocycles. The number of fused-ring (bicyclic) bond motifs is 2. The lowest BCUT2D eigenvalue weighted by molar-refractivity contribution is 0.0946. The highest BCUT2D eigenvalue weighted by atomic mass is 79.9. The largest absolute Gasteiger partial charge is 0.477 e. The first-order chi connectivity index (χ1) is 12.6. The summed E-state index contributed by atoms with van der Waals surface area (Å²) in [6, 6.07) is 6.19. The van der Waals surface area contributed by atoms with E-state index in [0.717, 1.165) is 31.4 Å². The molecule has 4 rings (SSSR count). The minimum atomic E-state index is -0.191. The number of hydrogen-bond donors (Lipinski definition) is 1. The van der Waals surface area contributed by atoms with Gasteiger partial charge in [0.15, 0.2) is 5.69 Å². The van der Waals surface area contributed by atoms with E-state index in [1.165, 1.54) is 10.9 Å². The van der Waals surface area contributed by atoms with Crippen molar-refractivity contribution in [3.05, 3.63) is 40.1 Å². The number of rotatable bonds is 5. The molecule has 0 fully saturated rings. The Hall–Kier alpha value is -2.35. The second kappa shape index (κ2) is 7.11. The fraction of sp³-hybridized carbons (Fsp3) is 0.389. The van der Waals surface area contributed by atoms with E-state index in [0.29, 0.717) is 29.2 Å². The number of carbonyl (C=O) groups excluding carboxylic acids is 1. The number of amides is 1. The zero-order valence-corrected chi connectivity index (χ0v) is 16.1. The van der Waals surface area contributed by atoms with Gasteiger partial charge in [-0.3, -0.25) is 9.48 Å². The number of ether oxygens (including phenoxy) is 1. The molecule has 3 aromatic rings. The molecule has 1 N–H and O–H groups in total. The van der Waals surface area contributed by atoms with Crippen LogP contribution < -0.4 is 10.1 Å². The van der Waals surface area contributed by atoms with Crippen LogP contribution in [0.4, 0.5) is 0 Å². The van der Waals surface area contributed by atoms with Crippen LogP contribution in [-0.2, 0) is 13.1 Å². The number of carbonyl (C=O) groups is 1. The van der Waals surface area contributed by atoms with Gasteiger partial charge < -0.3 is 10.1 Å². The Bertz CT molecular complexity index is 962. The van der Waals surface area contributed by atoms with Crippen molar-refractivity contribution in [3.63, 3.8) is 0 Å². The SMILES string of the molecule is Cc1cccc2c1cnn2CCCNC(=O)c1nn2c(c1Br)OCCC2. The van der Waals surface area contributed by atoms with Crippen LogP contribution in [0.2, 0.25) is 0 Å². The third kappa shape index (κ3) is 3.09. The van der Waals surface area contributed by atoms with Gasteiger partial charge in [-0.2, -0.15) is 10.2 Å². The van der Waals surface area contributed by atoms with Gasteiger partial charge in [0.05, 0.1) is 18.3 Å². The normalized spacial score (nSPS) is 13.5. The van der Waals surface area contributed by atoms with Crippen molar-refractivity contribution in [2.75, 3.05) is 13.2 Å². The maximum atomic E-state index is 12.4. The quantitative estimate of drug-likeness (QED) is 0.647. The Morgan fingerprint density at radius 1 is 1.42 bits per heavy atom. The van der Waals surface area contributed by atoms with Crippen LogP contribution in [0.15, 0.2) is 28.9 Å². The summed E-state index contributed by atoms with van der Waals surface area (Å²) >= 11 is 3.43. The lowest BCUT2D eigenvalue weighted by Gasteiger charge is -2.14. The molecule has 0 atom stereocenters. The van der Waals surface area contributed by atoms with E-state index < -0.39 is 0 Å². The highest BCUT2D eigenvalue weighted by Crippen LogP contribution is 2.31. The number of nitrogens with one attached hydrogen (secondary N) is 1. The molecule has 0 unspecified atom stereocenters. The molecule has 0 spiro atoms. The van der Waals surface area contributed by atoms with Crippen LogP contribution in [0, 0.1) is 6.92 Å². The minimum Gasteiger partial charge on any atom is -0.477 e. The molecule has 1 aliphatic heterocycles. The number of benzene rings is 1. The number of hydrogen-bond acceptors (Lipinski definition) is 4. The summed E-state index contributed by atoms with van der Waals surface area (Å²) in [5.41, 5.74) is 2.72. The molecule has 1 aliphatic rings. The average molecular weight is 418 g/mol. The second-order valence-corrected chi connectivity index (χ2v) is 7.17. The maximum absolute atomic E-state index is 12.4. The van der Waals surface area contributed by atoms with E-state index in [4.69, 9.17) is 4.74 Å². The van der Waals surface area contributed by atoms with E-state index >= 15 is 0 Å². The third-order valence-corrected chi connectivity index (χ3v) is 5.27. The maximum Gasteiger partial charge on any atom is 0.273 e. The molecule has 0 aliphatic carbocycles. The Morgan fingerprint density at radius 3 is 3.15 bits per heavy atom. The first-order valence-electron chi connectivity index (χ1n) is 8.73. The number of aryl methyl sites for hydroxylation is 3. The van der Waals surface area contributed by atoms with E-state index in [-0.39, 0.29) is 5.91 Å². The third-order valence-electron chi connectivity index (χ3n) is 4.56. The number of halogens is 1. The van der Waals surface area contributed by atoms with Crippen molar-refractivity contribution in [1.82, 2.24) is 24.9 Å². The van der Waals surface area contributed by atoms with Crippen LogP contribution in [0.3, 0.4) is 0 Å². The molecular formula is C18H20BrN5O2. The van der Waals surface area contributed by atoms with Crippen molar-refractivity contribution < 1.29 is 9.53 Å². The summed E-state index contributed by atoms with van der Waals surface area (Å²) in [6.07, 6.45) is 3.59. The smallest absolute Gasteiger partial charge is 0.273 e. The lowest BCUT2D eigenvalue weighted by atomic mass is 10.1. The topological polar surface area (TPSA) is 74.0 Å². The van der Waals surface area contributed by atoms with Crippen LogP contribution in [-0.4, -0.2) is 38.6 Å². The Kier molecular flexibility index (Phi) is 4.67. The first-order valence-corrected chi connectivity index (χ1v) is 9.53. The van der Waals surface area contributed by atoms with E-state index in [1.54, 1.807) is 4.68 Å². The zero-order chi connectivity index (χ0) is 18.1. The molecule has 7 nitrogen and oxygen atoms in total. The molecule has 8 heteroatoms. The van der Waals surface area contributed by atoms with Gasteiger partial charge in [0, 0.05) is 31.4 Å². The summed E-state index contributed by atoms with van der Waals surface area (Å²) in [5, 5.41) is 12.9. The lowest BCUT2D eigenvalue weighted by Crippen LogP contribution is -2.26. The molecule has 0 saturated heterocycles. The van der Waals surface area contributed by atoms with Crippen LogP contribution in [0.5, 0.6) is 5.88 Å². The summed E-state index contributed by atoms with van der Waals surface area (Å²) in [5.74, 6) is 0.448. The molecule has 1 aromatic carbocycles. The van der Waals surface area contributed by atoms with Crippen LogP contribution in [0.25, 0.3) is 10.9 Å². The van der Waals surface area contributed by atoms with Gasteiger partial charge in [-0.1, -0.05) is 12.1 Å². The Balaban J connectivity index is 1.35. The van der Waals surface area contributed by atoms with E-state index in [1.807, 2.05) is 16.9 Å². The Labute approximate surface area is 159 Å². The monoisotopic (exact) mass is 417 g/mol. The zero-order valence-electron chi connectivity index (χ0n) is 14.5. The van der Waals surface area contributed by atoms with Crippen molar-refractivity contribution in [3.8, 4) is 5.88 Å². The summed E-state index contributed by atoms with van der Waals surface area (Å²) < 4.78 is 9.92. The van der Waals surface area contributed by atoms with E-state index in [9.17, 15) is 4.79 Å². The predicted molar refractivity (Wildman–Crippen MR) is 101 cm³/mol. The highest BCUT2D eigenvalue weighted by Gasteiger charge is 2.24. The Morgan fingerprint density at radius 2 is 2.31 bits per heavy atom. The fourth-order valence-electron chi connectivity index (χ4n) is 3.18. The molecule has 136 valence electrons. The molecule has 1 amide bonds. The minimum absolute atomic E-state index is 0.191. The average Bonchev–Trinajstić information content (AvgIpc) is 3.21. The van der Waals surface area contributed by atoms with Crippen molar-refractivity contribution in [1.29, 1.82) is 0 Å². The van der Waals surface area contributed by atoms with Gasteiger partial charge >= 0.3 is 0 Å². The van der Waals surface area contributed by atoms with Gasteiger partial charge in [0.2, 0.25) is 5.88 Å². The highest BCUT2D eigenvalue weighted by molar-refractivity contribution is 9.10. The van der Waals surface area contributed by atoms with Crippen molar-refractivity contribution in [2.24, 2.45) is 0 Å². The summed E-state index contributed by atoms with van der Waals surface area (Å²) in [6.45, 7) is 4.81. The van der Waals surface area contributed by atoms with Gasteiger partial charge in [0.1, 0.15) is 4.47 Å². The molecule has 0 bridgehead atoms. The molecule has 2 aromatic heterocycles. The molecular weight excluding hydrogens is 398 g/mol. The standard InChI is InChI=1S/C18H20BrN5O2/c1-12-5-2-6-14-13(12)11-21-23(14)8-3-7-20-17(25)16-15(19)18-24(22-16)9-4-10-26-18/h2,5-6,11H,3-4,7-10H2,1H3,(H,20,25). The number of nitrogens with zero attached hydrogens (tertiary/aromatic N) is 4. The second-order valence-electron chi connectivity index (χ2n) is 6.38. The van der Waals surface area contributed by atoms with Crippen LogP contribution in [0.1, 0.15) is 28.9 Å². The van der Waals surface area contributed by atoms with Gasteiger partial charge in [-0.15, -0.1) is 0 Å². The molecule has 26 heavy (non-hydrogen) atoms. The van der Waals surface area contributed by atoms with Gasteiger partial charge in [-0.25, -0.2) is 4.68 Å². The number of aromatic nitrogens is 4. The van der Waals surface area contributed by atoms with Crippen LogP contribution >= 0.6 is 15.9 Å². The van der Waals surface area contributed by atoms with Crippen molar-refractivity contribution >= 4 is 32.7 Å². The molecule has 3 heterocycles. The summed E-state index contributed by atoms with van der Waals surface area (Å²) in [7, 11) is 0. The summed E-state index contributed by atoms with van der Waals surface area (Å²) in [4.78, 5) is 12.4. The molecule has 0 radical (unpaired) electrons.